The average Bonchev–Trinajstić information content (AvgIpc) is 2.47. The van der Waals surface area contributed by atoms with Crippen LogP contribution in [0.4, 0.5) is 0 Å². The summed E-state index contributed by atoms with van der Waals surface area (Å²) in [6.07, 6.45) is 14.0. The first-order valence-electron chi connectivity index (χ1n) is 8.99. The van der Waals surface area contributed by atoms with E-state index in [4.69, 9.17) is 9.84 Å². The second-order valence-electron chi connectivity index (χ2n) is 5.47. The Kier molecular flexibility index (Phi) is 23.5. The molecule has 0 fully saturated rings. The van der Waals surface area contributed by atoms with Gasteiger partial charge in [-0.2, -0.15) is 0 Å². The lowest BCUT2D eigenvalue weighted by molar-refractivity contribution is -0.143. The molecule has 0 aliphatic carbocycles. The molecule has 0 heterocycles. The van der Waals surface area contributed by atoms with E-state index in [-0.39, 0.29) is 12.6 Å². The van der Waals surface area contributed by atoms with Gasteiger partial charge in [-0.05, 0) is 19.8 Å². The van der Waals surface area contributed by atoms with Gasteiger partial charge in [0.15, 0.2) is 0 Å². The SMILES string of the molecule is CCCCCCCCOC(=O)CCCCCCC.CCO. The van der Waals surface area contributed by atoms with Crippen LogP contribution in [0.15, 0.2) is 0 Å². The summed E-state index contributed by atoms with van der Waals surface area (Å²) < 4.78 is 5.22. The van der Waals surface area contributed by atoms with Crippen LogP contribution < -0.4 is 0 Å². The third kappa shape index (κ3) is 24.8. The predicted molar refractivity (Wildman–Crippen MR) is 90.5 cm³/mol. The highest BCUT2D eigenvalue weighted by atomic mass is 16.5. The van der Waals surface area contributed by atoms with Crippen molar-refractivity contribution >= 4 is 5.97 Å². The fourth-order valence-corrected chi connectivity index (χ4v) is 2.01. The molecule has 0 atom stereocenters. The van der Waals surface area contributed by atoms with Crippen LogP contribution in [0.2, 0.25) is 0 Å². The molecule has 3 heteroatoms. The number of ether oxygens (including phenoxy) is 1. The normalized spacial score (nSPS) is 9.90. The van der Waals surface area contributed by atoms with Crippen LogP contribution in [0.3, 0.4) is 0 Å². The lowest BCUT2D eigenvalue weighted by Crippen LogP contribution is -2.05. The summed E-state index contributed by atoms with van der Waals surface area (Å²) in [6.45, 7) is 6.98. The Morgan fingerprint density at radius 1 is 0.762 bits per heavy atom. The molecule has 0 unspecified atom stereocenters. The Bertz CT molecular complexity index is 193. The minimum atomic E-state index is 0.0000525. The Hall–Kier alpha value is -0.570. The summed E-state index contributed by atoms with van der Waals surface area (Å²) in [5, 5.41) is 7.57. The molecule has 0 saturated heterocycles. The highest BCUT2D eigenvalue weighted by Crippen LogP contribution is 2.07. The number of carbonyl (C=O) groups is 1. The first kappa shape index (κ1) is 22.7. The molecule has 0 rings (SSSR count). The molecular weight excluding hydrogens is 264 g/mol. The topological polar surface area (TPSA) is 46.5 Å². The predicted octanol–water partition coefficient (Wildman–Crippen LogP) is 5.25. The van der Waals surface area contributed by atoms with Crippen LogP contribution in [0.1, 0.15) is 97.8 Å². The number of unbranched alkanes of at least 4 members (excludes halogenated alkanes) is 9. The first-order valence-corrected chi connectivity index (χ1v) is 8.99. The van der Waals surface area contributed by atoms with Crippen molar-refractivity contribution in [1.29, 1.82) is 0 Å². The number of rotatable bonds is 13. The van der Waals surface area contributed by atoms with E-state index in [9.17, 15) is 4.79 Å². The summed E-state index contributed by atoms with van der Waals surface area (Å²) in [7, 11) is 0. The maximum absolute atomic E-state index is 11.4. The second kappa shape index (κ2) is 21.7. The average molecular weight is 302 g/mol. The molecule has 0 aromatic rings. The van der Waals surface area contributed by atoms with Crippen molar-refractivity contribution in [2.24, 2.45) is 0 Å². The van der Waals surface area contributed by atoms with Crippen molar-refractivity contribution in [2.45, 2.75) is 97.8 Å². The van der Waals surface area contributed by atoms with Gasteiger partial charge in [0.1, 0.15) is 0 Å². The van der Waals surface area contributed by atoms with E-state index >= 15 is 0 Å². The molecule has 0 saturated carbocycles. The maximum Gasteiger partial charge on any atom is 0.305 e. The van der Waals surface area contributed by atoms with Gasteiger partial charge in [0.2, 0.25) is 0 Å². The van der Waals surface area contributed by atoms with Gasteiger partial charge in [-0.25, -0.2) is 0 Å². The first-order chi connectivity index (χ1) is 10.2. The summed E-state index contributed by atoms with van der Waals surface area (Å²) in [5.74, 6) is 0.0000525. The number of hydrogen-bond acceptors (Lipinski definition) is 3. The molecule has 0 aromatic carbocycles. The van der Waals surface area contributed by atoms with Gasteiger partial charge in [-0.15, -0.1) is 0 Å². The fraction of sp³-hybridized carbons (Fsp3) is 0.944. The van der Waals surface area contributed by atoms with E-state index in [2.05, 4.69) is 13.8 Å². The quantitative estimate of drug-likeness (QED) is 0.373. The van der Waals surface area contributed by atoms with Gasteiger partial charge in [-0.3, -0.25) is 4.79 Å². The molecule has 0 spiro atoms. The zero-order valence-electron chi connectivity index (χ0n) is 14.7. The summed E-state index contributed by atoms with van der Waals surface area (Å²) in [5.41, 5.74) is 0. The number of aliphatic hydroxyl groups excluding tert-OH is 1. The van der Waals surface area contributed by atoms with Crippen molar-refractivity contribution in [1.82, 2.24) is 0 Å². The molecular formula is C18H38O3. The molecule has 0 bridgehead atoms. The van der Waals surface area contributed by atoms with E-state index in [1.165, 1.54) is 57.8 Å². The van der Waals surface area contributed by atoms with E-state index in [0.29, 0.717) is 13.0 Å². The lowest BCUT2D eigenvalue weighted by atomic mass is 10.1. The van der Waals surface area contributed by atoms with Crippen molar-refractivity contribution in [3.63, 3.8) is 0 Å². The van der Waals surface area contributed by atoms with Gasteiger partial charge in [-0.1, -0.05) is 71.6 Å². The second-order valence-corrected chi connectivity index (χ2v) is 5.47. The van der Waals surface area contributed by atoms with Crippen LogP contribution in [0.25, 0.3) is 0 Å². The van der Waals surface area contributed by atoms with Gasteiger partial charge >= 0.3 is 5.97 Å². The van der Waals surface area contributed by atoms with E-state index in [0.717, 1.165) is 12.8 Å². The Morgan fingerprint density at radius 3 is 1.71 bits per heavy atom. The number of esters is 1. The van der Waals surface area contributed by atoms with E-state index in [1.807, 2.05) is 0 Å². The van der Waals surface area contributed by atoms with Crippen molar-refractivity contribution in [3.8, 4) is 0 Å². The van der Waals surface area contributed by atoms with Gasteiger partial charge in [0.05, 0.1) is 6.61 Å². The van der Waals surface area contributed by atoms with Crippen LogP contribution in [0.5, 0.6) is 0 Å². The van der Waals surface area contributed by atoms with Gasteiger partial charge in [0, 0.05) is 13.0 Å². The largest absolute Gasteiger partial charge is 0.466 e. The Balaban J connectivity index is 0. The third-order valence-electron chi connectivity index (χ3n) is 3.25. The molecule has 128 valence electrons. The molecule has 21 heavy (non-hydrogen) atoms. The lowest BCUT2D eigenvalue weighted by Gasteiger charge is -2.04. The van der Waals surface area contributed by atoms with Crippen LogP contribution in [0, 0.1) is 0 Å². The maximum atomic E-state index is 11.4. The van der Waals surface area contributed by atoms with E-state index in [1.54, 1.807) is 6.92 Å². The Labute approximate surface area is 132 Å². The highest BCUT2D eigenvalue weighted by Gasteiger charge is 2.01. The zero-order valence-corrected chi connectivity index (χ0v) is 14.7. The summed E-state index contributed by atoms with van der Waals surface area (Å²) in [6, 6.07) is 0. The number of aliphatic hydroxyl groups is 1. The summed E-state index contributed by atoms with van der Waals surface area (Å²) in [4.78, 5) is 11.4. The van der Waals surface area contributed by atoms with Crippen LogP contribution >= 0.6 is 0 Å². The monoisotopic (exact) mass is 302 g/mol. The van der Waals surface area contributed by atoms with Crippen molar-refractivity contribution < 1.29 is 14.6 Å². The molecule has 0 radical (unpaired) electrons. The van der Waals surface area contributed by atoms with Crippen molar-refractivity contribution in [2.75, 3.05) is 13.2 Å². The molecule has 0 aromatic heterocycles. The van der Waals surface area contributed by atoms with Gasteiger partial charge in [0.25, 0.3) is 0 Å². The standard InChI is InChI=1S/C16H32O2.C2H6O/c1-3-5-7-9-11-13-15-18-16(17)14-12-10-8-6-4-2;1-2-3/h3-15H2,1-2H3;3H,2H2,1H3. The van der Waals surface area contributed by atoms with Crippen molar-refractivity contribution in [3.05, 3.63) is 0 Å². The number of hydrogen-bond donors (Lipinski definition) is 1. The van der Waals surface area contributed by atoms with Gasteiger partial charge < -0.3 is 9.84 Å². The van der Waals surface area contributed by atoms with Crippen LogP contribution in [-0.4, -0.2) is 24.3 Å². The number of carbonyl (C=O) groups excluding carboxylic acids is 1. The minimum absolute atomic E-state index is 0.0000525. The smallest absolute Gasteiger partial charge is 0.305 e. The third-order valence-corrected chi connectivity index (χ3v) is 3.25. The molecule has 0 amide bonds. The molecule has 1 N–H and O–H groups in total. The highest BCUT2D eigenvalue weighted by molar-refractivity contribution is 5.69. The molecule has 0 aliphatic heterocycles. The Morgan fingerprint density at radius 2 is 1.19 bits per heavy atom. The molecule has 3 nitrogen and oxygen atoms in total. The van der Waals surface area contributed by atoms with Crippen LogP contribution in [-0.2, 0) is 9.53 Å². The summed E-state index contributed by atoms with van der Waals surface area (Å²) >= 11 is 0. The molecule has 0 aliphatic rings. The minimum Gasteiger partial charge on any atom is -0.466 e. The zero-order chi connectivity index (χ0) is 16.2. The fourth-order valence-electron chi connectivity index (χ4n) is 2.01. The van der Waals surface area contributed by atoms with E-state index < -0.39 is 0 Å².